The fraction of sp³-hybridized carbons (Fsp3) is 0.286. The SMILES string of the molecule is Nc1nc(Cl)cc(N2CCOC[C@@H]2c2ccccc2)n1. The van der Waals surface area contributed by atoms with Crippen molar-refractivity contribution in [3.63, 3.8) is 0 Å². The molecule has 6 heteroatoms. The molecule has 5 nitrogen and oxygen atoms in total. The fourth-order valence-electron chi connectivity index (χ4n) is 2.40. The second-order valence-corrected chi connectivity index (χ2v) is 4.99. The second kappa shape index (κ2) is 5.64. The Bertz CT molecular complexity index is 573. The Labute approximate surface area is 122 Å². The van der Waals surface area contributed by atoms with E-state index >= 15 is 0 Å². The standard InChI is InChI=1S/C14H15ClN4O/c15-12-8-13(18-14(16)17-12)19-6-7-20-9-11(19)10-4-2-1-3-5-10/h1-5,8,11H,6-7,9H2,(H2,16,17,18)/t11-/m1/s1. The van der Waals surface area contributed by atoms with Gasteiger partial charge in [0.1, 0.15) is 11.0 Å². The van der Waals surface area contributed by atoms with Crippen LogP contribution >= 0.6 is 11.6 Å². The number of nitrogens with two attached hydrogens (primary N) is 1. The minimum atomic E-state index is 0.107. The Morgan fingerprint density at radius 1 is 1.25 bits per heavy atom. The molecule has 2 heterocycles. The predicted molar refractivity (Wildman–Crippen MR) is 78.8 cm³/mol. The third-order valence-electron chi connectivity index (χ3n) is 3.31. The summed E-state index contributed by atoms with van der Waals surface area (Å²) in [5, 5.41) is 0.353. The monoisotopic (exact) mass is 290 g/mol. The Balaban J connectivity index is 1.96. The number of hydrogen-bond acceptors (Lipinski definition) is 5. The van der Waals surface area contributed by atoms with Crippen molar-refractivity contribution >= 4 is 23.4 Å². The maximum atomic E-state index is 5.97. The van der Waals surface area contributed by atoms with E-state index in [9.17, 15) is 0 Å². The van der Waals surface area contributed by atoms with Crippen LogP contribution in [0.4, 0.5) is 11.8 Å². The van der Waals surface area contributed by atoms with Crippen LogP contribution in [0.3, 0.4) is 0 Å². The number of nitrogen functional groups attached to an aromatic ring is 1. The molecule has 2 N–H and O–H groups in total. The molecule has 0 amide bonds. The van der Waals surface area contributed by atoms with Gasteiger partial charge >= 0.3 is 0 Å². The lowest BCUT2D eigenvalue weighted by Crippen LogP contribution is -2.40. The van der Waals surface area contributed by atoms with Gasteiger partial charge in [-0.15, -0.1) is 0 Å². The molecule has 0 spiro atoms. The number of nitrogens with zero attached hydrogens (tertiary/aromatic N) is 3. The highest BCUT2D eigenvalue weighted by Crippen LogP contribution is 2.29. The van der Waals surface area contributed by atoms with Crippen LogP contribution in [0, 0.1) is 0 Å². The first-order valence-electron chi connectivity index (χ1n) is 6.43. The number of aromatic nitrogens is 2. The third kappa shape index (κ3) is 2.69. The third-order valence-corrected chi connectivity index (χ3v) is 3.50. The number of benzene rings is 1. The average molecular weight is 291 g/mol. The zero-order valence-corrected chi connectivity index (χ0v) is 11.6. The van der Waals surface area contributed by atoms with Crippen molar-refractivity contribution in [2.75, 3.05) is 30.4 Å². The van der Waals surface area contributed by atoms with Crippen molar-refractivity contribution in [1.82, 2.24) is 9.97 Å². The molecule has 2 aromatic rings. The summed E-state index contributed by atoms with van der Waals surface area (Å²) >= 11 is 5.97. The molecule has 0 unspecified atom stereocenters. The first-order chi connectivity index (χ1) is 9.74. The second-order valence-electron chi connectivity index (χ2n) is 4.60. The quantitative estimate of drug-likeness (QED) is 0.860. The summed E-state index contributed by atoms with van der Waals surface area (Å²) in [5.41, 5.74) is 6.87. The van der Waals surface area contributed by atoms with E-state index in [0.29, 0.717) is 18.4 Å². The van der Waals surface area contributed by atoms with Crippen LogP contribution in [0.2, 0.25) is 5.15 Å². The minimum Gasteiger partial charge on any atom is -0.377 e. The summed E-state index contributed by atoms with van der Waals surface area (Å²) in [6.45, 7) is 2.02. The molecule has 1 aliphatic heterocycles. The van der Waals surface area contributed by atoms with Gasteiger partial charge in [-0.1, -0.05) is 41.9 Å². The number of hydrogen-bond donors (Lipinski definition) is 1. The van der Waals surface area contributed by atoms with Gasteiger partial charge in [0.25, 0.3) is 0 Å². The van der Waals surface area contributed by atoms with E-state index in [4.69, 9.17) is 22.1 Å². The van der Waals surface area contributed by atoms with Gasteiger partial charge in [-0.25, -0.2) is 4.98 Å². The van der Waals surface area contributed by atoms with Gasteiger partial charge in [-0.05, 0) is 5.56 Å². The maximum absolute atomic E-state index is 5.97. The van der Waals surface area contributed by atoms with Crippen LogP contribution in [0.25, 0.3) is 0 Å². The van der Waals surface area contributed by atoms with Crippen molar-refractivity contribution in [3.8, 4) is 0 Å². The highest BCUT2D eigenvalue weighted by Gasteiger charge is 2.26. The summed E-state index contributed by atoms with van der Waals surface area (Å²) in [6.07, 6.45) is 0. The van der Waals surface area contributed by atoms with E-state index in [0.717, 1.165) is 12.4 Å². The molecule has 1 atom stereocenters. The highest BCUT2D eigenvalue weighted by atomic mass is 35.5. The van der Waals surface area contributed by atoms with Crippen LogP contribution in [0.5, 0.6) is 0 Å². The molecule has 0 aliphatic carbocycles. The first kappa shape index (κ1) is 13.1. The Morgan fingerprint density at radius 3 is 2.80 bits per heavy atom. The number of ether oxygens (including phenoxy) is 1. The lowest BCUT2D eigenvalue weighted by Gasteiger charge is -2.36. The molecule has 0 radical (unpaired) electrons. The Morgan fingerprint density at radius 2 is 2.05 bits per heavy atom. The lowest BCUT2D eigenvalue weighted by atomic mass is 10.1. The molecule has 0 bridgehead atoms. The molecule has 3 rings (SSSR count). The summed E-state index contributed by atoms with van der Waals surface area (Å²) in [6, 6.07) is 12.0. The van der Waals surface area contributed by atoms with E-state index < -0.39 is 0 Å². The van der Waals surface area contributed by atoms with Crippen molar-refractivity contribution < 1.29 is 4.74 Å². The molecule has 1 aliphatic rings. The smallest absolute Gasteiger partial charge is 0.223 e. The van der Waals surface area contributed by atoms with E-state index in [1.54, 1.807) is 6.07 Å². The summed E-state index contributed by atoms with van der Waals surface area (Å²) < 4.78 is 5.60. The van der Waals surface area contributed by atoms with E-state index in [2.05, 4.69) is 27.0 Å². The van der Waals surface area contributed by atoms with Crippen molar-refractivity contribution in [3.05, 3.63) is 47.1 Å². The van der Waals surface area contributed by atoms with Gasteiger partial charge in [-0.3, -0.25) is 0 Å². The van der Waals surface area contributed by atoms with Gasteiger partial charge in [0.2, 0.25) is 5.95 Å². The van der Waals surface area contributed by atoms with E-state index in [1.165, 1.54) is 5.56 Å². The van der Waals surface area contributed by atoms with Gasteiger partial charge in [-0.2, -0.15) is 4.98 Å². The number of rotatable bonds is 2. The van der Waals surface area contributed by atoms with Crippen molar-refractivity contribution in [2.45, 2.75) is 6.04 Å². The molecule has 1 aromatic heterocycles. The van der Waals surface area contributed by atoms with Gasteiger partial charge in [0.05, 0.1) is 19.3 Å². The fourth-order valence-corrected chi connectivity index (χ4v) is 2.58. The van der Waals surface area contributed by atoms with Gasteiger partial charge in [0.15, 0.2) is 0 Å². The average Bonchev–Trinajstić information content (AvgIpc) is 2.47. The molecule has 0 saturated carbocycles. The van der Waals surface area contributed by atoms with Gasteiger partial charge in [0, 0.05) is 12.6 Å². The van der Waals surface area contributed by atoms with Crippen LogP contribution in [-0.4, -0.2) is 29.7 Å². The summed E-state index contributed by atoms with van der Waals surface area (Å²) in [4.78, 5) is 10.3. The van der Waals surface area contributed by atoms with E-state index in [-0.39, 0.29) is 12.0 Å². The lowest BCUT2D eigenvalue weighted by molar-refractivity contribution is 0.0937. The van der Waals surface area contributed by atoms with Crippen molar-refractivity contribution in [1.29, 1.82) is 0 Å². The normalized spacial score (nSPS) is 19.1. The molecular formula is C14H15ClN4O. The van der Waals surface area contributed by atoms with Crippen molar-refractivity contribution in [2.24, 2.45) is 0 Å². The first-order valence-corrected chi connectivity index (χ1v) is 6.81. The maximum Gasteiger partial charge on any atom is 0.223 e. The summed E-state index contributed by atoms with van der Waals surface area (Å²) in [7, 11) is 0. The zero-order valence-electron chi connectivity index (χ0n) is 10.9. The minimum absolute atomic E-state index is 0.107. The Kier molecular flexibility index (Phi) is 3.71. The Hall–Kier alpha value is -1.85. The van der Waals surface area contributed by atoms with Gasteiger partial charge < -0.3 is 15.4 Å². The number of halogens is 1. The van der Waals surface area contributed by atoms with Crippen LogP contribution in [0.15, 0.2) is 36.4 Å². The summed E-state index contributed by atoms with van der Waals surface area (Å²) in [5.74, 6) is 0.922. The van der Waals surface area contributed by atoms with Crippen LogP contribution < -0.4 is 10.6 Å². The molecule has 1 fully saturated rings. The number of morpholine rings is 1. The predicted octanol–water partition coefficient (Wildman–Crippen LogP) is 2.29. The van der Waals surface area contributed by atoms with Crippen LogP contribution in [-0.2, 0) is 4.74 Å². The largest absolute Gasteiger partial charge is 0.377 e. The molecule has 1 saturated heterocycles. The molecule has 104 valence electrons. The zero-order chi connectivity index (χ0) is 13.9. The van der Waals surface area contributed by atoms with E-state index in [1.807, 2.05) is 18.2 Å². The van der Waals surface area contributed by atoms with Crippen LogP contribution in [0.1, 0.15) is 11.6 Å². The highest BCUT2D eigenvalue weighted by molar-refractivity contribution is 6.29. The topological polar surface area (TPSA) is 64.3 Å². The number of anilines is 2. The molecular weight excluding hydrogens is 276 g/mol. The molecule has 1 aromatic carbocycles. The molecule has 20 heavy (non-hydrogen) atoms.